The van der Waals surface area contributed by atoms with E-state index >= 15 is 0 Å². The zero-order valence-electron chi connectivity index (χ0n) is 24.6. The fourth-order valence-electron chi connectivity index (χ4n) is 5.51. The first-order valence-electron chi connectivity index (χ1n) is 15.0. The number of hydrogen-bond acceptors (Lipinski definition) is 2. The van der Waals surface area contributed by atoms with Crippen molar-refractivity contribution >= 4 is 40.2 Å². The van der Waals surface area contributed by atoms with Crippen molar-refractivity contribution in [2.24, 2.45) is 0 Å². The number of rotatable bonds is 10. The van der Waals surface area contributed by atoms with Crippen molar-refractivity contribution in [3.63, 3.8) is 0 Å². The number of benzene rings is 6. The van der Waals surface area contributed by atoms with Gasteiger partial charge in [-0.05, 0) is 101 Å². The van der Waals surface area contributed by atoms with E-state index < -0.39 is 0 Å². The molecule has 210 valence electrons. The van der Waals surface area contributed by atoms with Crippen molar-refractivity contribution in [2.75, 3.05) is 9.80 Å². The van der Waals surface area contributed by atoms with Gasteiger partial charge in [0, 0.05) is 34.1 Å². The van der Waals surface area contributed by atoms with Crippen molar-refractivity contribution in [3.8, 4) is 11.1 Å². The van der Waals surface area contributed by atoms with Crippen LogP contribution in [-0.2, 0) is 6.42 Å². The van der Waals surface area contributed by atoms with E-state index in [9.17, 15) is 0 Å². The molecule has 0 heterocycles. The molecule has 0 atom stereocenters. The molecule has 0 aliphatic heterocycles. The van der Waals surface area contributed by atoms with Gasteiger partial charge in [0.25, 0.3) is 0 Å². The Labute approximate surface area is 255 Å². The van der Waals surface area contributed by atoms with Crippen LogP contribution in [0.2, 0.25) is 0 Å². The van der Waals surface area contributed by atoms with Crippen molar-refractivity contribution in [2.45, 2.75) is 19.8 Å². The van der Waals surface area contributed by atoms with Crippen LogP contribution in [0.1, 0.15) is 24.5 Å². The standard InChI is InChI=1S/C41H36N2/c1-3-11-33-18-26-39(27-19-33)43(37-14-9-6-10-15-37)41-30-22-35(23-31-41)34-20-28-40(29-21-34)42(36-12-7-5-8-13-36)38-24-16-32(4-2)17-25-38/h4-10,12-31H,2-3,11H2,1H3. The minimum Gasteiger partial charge on any atom is -0.311 e. The summed E-state index contributed by atoms with van der Waals surface area (Å²) in [5.74, 6) is 0. The van der Waals surface area contributed by atoms with Crippen LogP contribution in [0.4, 0.5) is 34.1 Å². The molecule has 0 aromatic heterocycles. The van der Waals surface area contributed by atoms with E-state index in [1.165, 1.54) is 16.7 Å². The topological polar surface area (TPSA) is 6.48 Å². The van der Waals surface area contributed by atoms with Gasteiger partial charge < -0.3 is 9.80 Å². The van der Waals surface area contributed by atoms with Crippen LogP contribution in [0, 0.1) is 0 Å². The molecule has 0 saturated heterocycles. The van der Waals surface area contributed by atoms with Crippen LogP contribution in [0.5, 0.6) is 0 Å². The maximum atomic E-state index is 3.90. The number of para-hydroxylation sites is 2. The predicted octanol–water partition coefficient (Wildman–Crippen LogP) is 11.9. The molecule has 0 unspecified atom stereocenters. The molecule has 2 heteroatoms. The fourth-order valence-corrected chi connectivity index (χ4v) is 5.51. The Morgan fingerprint density at radius 3 is 1.16 bits per heavy atom. The number of anilines is 6. The Morgan fingerprint density at radius 1 is 0.442 bits per heavy atom. The molecule has 0 radical (unpaired) electrons. The molecule has 0 aliphatic carbocycles. The lowest BCUT2D eigenvalue weighted by atomic mass is 10.0. The zero-order valence-corrected chi connectivity index (χ0v) is 24.6. The number of nitrogens with zero attached hydrogens (tertiary/aromatic N) is 2. The van der Waals surface area contributed by atoms with Crippen molar-refractivity contribution in [1.82, 2.24) is 0 Å². The summed E-state index contributed by atoms with van der Waals surface area (Å²) in [6.45, 7) is 6.12. The fraction of sp³-hybridized carbons (Fsp3) is 0.0732. The summed E-state index contributed by atoms with van der Waals surface area (Å²) < 4.78 is 0. The van der Waals surface area contributed by atoms with Gasteiger partial charge in [0.1, 0.15) is 0 Å². The summed E-state index contributed by atoms with van der Waals surface area (Å²) in [6, 6.07) is 56.2. The lowest BCUT2D eigenvalue weighted by Crippen LogP contribution is -2.10. The van der Waals surface area contributed by atoms with Crippen molar-refractivity contribution in [3.05, 3.63) is 175 Å². The maximum Gasteiger partial charge on any atom is 0.0462 e. The van der Waals surface area contributed by atoms with E-state index in [1.54, 1.807) is 0 Å². The molecule has 6 rings (SSSR count). The summed E-state index contributed by atoms with van der Waals surface area (Å²) in [5.41, 5.74) is 11.6. The van der Waals surface area contributed by atoms with Gasteiger partial charge in [0.2, 0.25) is 0 Å². The Bertz CT molecular complexity index is 1740. The number of hydrogen-bond donors (Lipinski definition) is 0. The summed E-state index contributed by atoms with van der Waals surface area (Å²) >= 11 is 0. The van der Waals surface area contributed by atoms with Gasteiger partial charge in [-0.1, -0.05) is 111 Å². The van der Waals surface area contributed by atoms with Crippen LogP contribution < -0.4 is 9.80 Å². The number of aryl methyl sites for hydroxylation is 1. The second kappa shape index (κ2) is 13.1. The molecule has 0 fully saturated rings. The summed E-state index contributed by atoms with van der Waals surface area (Å²) in [4.78, 5) is 4.60. The monoisotopic (exact) mass is 556 g/mol. The first kappa shape index (κ1) is 27.8. The Morgan fingerprint density at radius 2 is 0.791 bits per heavy atom. The van der Waals surface area contributed by atoms with Crippen LogP contribution in [0.25, 0.3) is 17.2 Å². The molecular formula is C41H36N2. The summed E-state index contributed by atoms with van der Waals surface area (Å²) in [7, 11) is 0. The third kappa shape index (κ3) is 6.29. The highest BCUT2D eigenvalue weighted by Crippen LogP contribution is 2.38. The quantitative estimate of drug-likeness (QED) is 0.166. The van der Waals surface area contributed by atoms with Gasteiger partial charge in [-0.3, -0.25) is 0 Å². The highest BCUT2D eigenvalue weighted by molar-refractivity contribution is 5.81. The second-order valence-electron chi connectivity index (χ2n) is 10.6. The summed E-state index contributed by atoms with van der Waals surface area (Å²) in [6.07, 6.45) is 4.13. The van der Waals surface area contributed by atoms with E-state index in [0.29, 0.717) is 0 Å². The predicted molar refractivity (Wildman–Crippen MR) is 185 cm³/mol. The zero-order chi connectivity index (χ0) is 29.4. The van der Waals surface area contributed by atoms with Crippen LogP contribution >= 0.6 is 0 Å². The third-order valence-corrected chi connectivity index (χ3v) is 7.73. The molecular weight excluding hydrogens is 520 g/mol. The lowest BCUT2D eigenvalue weighted by molar-refractivity contribution is 0.922. The Hall–Kier alpha value is -5.34. The molecule has 0 saturated carbocycles. The van der Waals surface area contributed by atoms with E-state index in [4.69, 9.17) is 0 Å². The largest absolute Gasteiger partial charge is 0.311 e. The van der Waals surface area contributed by atoms with Crippen molar-refractivity contribution < 1.29 is 0 Å². The van der Waals surface area contributed by atoms with E-state index in [-0.39, 0.29) is 0 Å². The van der Waals surface area contributed by atoms with Gasteiger partial charge in [-0.15, -0.1) is 0 Å². The highest BCUT2D eigenvalue weighted by Gasteiger charge is 2.14. The average molecular weight is 557 g/mol. The molecule has 0 spiro atoms. The Balaban J connectivity index is 1.30. The molecule has 6 aromatic carbocycles. The van der Waals surface area contributed by atoms with E-state index in [0.717, 1.165) is 52.5 Å². The van der Waals surface area contributed by atoms with Gasteiger partial charge in [0.15, 0.2) is 0 Å². The van der Waals surface area contributed by atoms with Gasteiger partial charge in [-0.25, -0.2) is 0 Å². The van der Waals surface area contributed by atoms with Gasteiger partial charge in [0.05, 0.1) is 0 Å². The van der Waals surface area contributed by atoms with Crippen LogP contribution in [0.15, 0.2) is 164 Å². The minimum absolute atomic E-state index is 1.10. The first-order chi connectivity index (χ1) is 21.2. The molecule has 0 N–H and O–H groups in total. The normalized spacial score (nSPS) is 10.7. The molecule has 6 aromatic rings. The average Bonchev–Trinajstić information content (AvgIpc) is 3.08. The molecule has 0 amide bonds. The molecule has 0 aliphatic rings. The highest BCUT2D eigenvalue weighted by atomic mass is 15.1. The summed E-state index contributed by atoms with van der Waals surface area (Å²) in [5, 5.41) is 0. The van der Waals surface area contributed by atoms with Crippen molar-refractivity contribution in [1.29, 1.82) is 0 Å². The Kier molecular flexibility index (Phi) is 8.47. The lowest BCUT2D eigenvalue weighted by Gasteiger charge is -2.26. The van der Waals surface area contributed by atoms with E-state index in [2.05, 4.69) is 181 Å². The van der Waals surface area contributed by atoms with E-state index in [1.807, 2.05) is 6.08 Å². The first-order valence-corrected chi connectivity index (χ1v) is 15.0. The van der Waals surface area contributed by atoms with Crippen LogP contribution in [0.3, 0.4) is 0 Å². The second-order valence-corrected chi connectivity index (χ2v) is 10.6. The minimum atomic E-state index is 1.10. The molecule has 43 heavy (non-hydrogen) atoms. The SMILES string of the molecule is C=Cc1ccc(N(c2ccccc2)c2ccc(-c3ccc(N(c4ccccc4)c4ccc(CCC)cc4)cc3)cc2)cc1. The molecule has 2 nitrogen and oxygen atoms in total. The maximum absolute atomic E-state index is 3.90. The molecule has 0 bridgehead atoms. The van der Waals surface area contributed by atoms with Gasteiger partial charge >= 0.3 is 0 Å². The smallest absolute Gasteiger partial charge is 0.0462 e. The van der Waals surface area contributed by atoms with Crippen LogP contribution in [-0.4, -0.2) is 0 Å². The van der Waals surface area contributed by atoms with Gasteiger partial charge in [-0.2, -0.15) is 0 Å². The third-order valence-electron chi connectivity index (χ3n) is 7.73.